The first-order chi connectivity index (χ1) is 8.49. The monoisotopic (exact) mass is 369 g/mol. The molecule has 1 heterocycles. The van der Waals surface area contributed by atoms with E-state index < -0.39 is 10.0 Å². The van der Waals surface area contributed by atoms with Crippen molar-refractivity contribution in [2.45, 2.75) is 23.0 Å². The van der Waals surface area contributed by atoms with Crippen molar-refractivity contribution in [2.24, 2.45) is 0 Å². The van der Waals surface area contributed by atoms with Crippen molar-refractivity contribution in [3.63, 3.8) is 0 Å². The Morgan fingerprint density at radius 1 is 1.50 bits per heavy atom. The van der Waals surface area contributed by atoms with Crippen molar-refractivity contribution < 1.29 is 8.42 Å². The SMILES string of the molecule is O=S(=O)(NCC1CCCS1)c1ccc(Cl)c(Br)c1. The number of hydrogen-bond acceptors (Lipinski definition) is 3. The first kappa shape index (κ1) is 14.7. The minimum Gasteiger partial charge on any atom is -0.210 e. The van der Waals surface area contributed by atoms with Gasteiger partial charge in [0.05, 0.1) is 9.92 Å². The minimum absolute atomic E-state index is 0.238. The van der Waals surface area contributed by atoms with E-state index in [1.54, 1.807) is 6.07 Å². The third kappa shape index (κ3) is 3.63. The third-order valence-electron chi connectivity index (χ3n) is 2.73. The summed E-state index contributed by atoms with van der Waals surface area (Å²) < 4.78 is 27.4. The molecule has 1 N–H and O–H groups in total. The smallest absolute Gasteiger partial charge is 0.210 e. The summed E-state index contributed by atoms with van der Waals surface area (Å²) >= 11 is 10.9. The topological polar surface area (TPSA) is 46.2 Å². The van der Waals surface area contributed by atoms with E-state index in [0.717, 1.165) is 12.2 Å². The maximum atomic E-state index is 12.1. The molecule has 1 saturated heterocycles. The van der Waals surface area contributed by atoms with Gasteiger partial charge in [-0.2, -0.15) is 11.8 Å². The fourth-order valence-corrected chi connectivity index (χ4v) is 4.80. The third-order valence-corrected chi connectivity index (χ3v) is 6.76. The highest BCUT2D eigenvalue weighted by Gasteiger charge is 2.20. The lowest BCUT2D eigenvalue weighted by Gasteiger charge is -2.11. The highest BCUT2D eigenvalue weighted by molar-refractivity contribution is 9.10. The zero-order valence-corrected chi connectivity index (χ0v) is 13.5. The summed E-state index contributed by atoms with van der Waals surface area (Å²) in [6, 6.07) is 4.61. The van der Waals surface area contributed by atoms with E-state index in [1.807, 2.05) is 11.8 Å². The molecule has 18 heavy (non-hydrogen) atoms. The van der Waals surface area contributed by atoms with Gasteiger partial charge in [-0.05, 0) is 52.7 Å². The number of nitrogens with one attached hydrogen (secondary N) is 1. The number of rotatable bonds is 4. The summed E-state index contributed by atoms with van der Waals surface area (Å²) in [6.07, 6.45) is 2.25. The molecule has 2 rings (SSSR count). The summed E-state index contributed by atoms with van der Waals surface area (Å²) in [5.41, 5.74) is 0. The van der Waals surface area contributed by atoms with Crippen molar-refractivity contribution in [1.82, 2.24) is 4.72 Å². The Hall–Kier alpha value is 0.250. The largest absolute Gasteiger partial charge is 0.240 e. The molecule has 0 bridgehead atoms. The molecule has 0 spiro atoms. The van der Waals surface area contributed by atoms with Gasteiger partial charge < -0.3 is 0 Å². The normalized spacial score (nSPS) is 20.2. The van der Waals surface area contributed by atoms with Crippen LogP contribution >= 0.6 is 39.3 Å². The van der Waals surface area contributed by atoms with Gasteiger partial charge in [-0.3, -0.25) is 0 Å². The molecule has 0 saturated carbocycles. The van der Waals surface area contributed by atoms with Gasteiger partial charge in [0.15, 0.2) is 0 Å². The predicted octanol–water partition coefficient (Wildman–Crippen LogP) is 3.28. The Kier molecular flexibility index (Phi) is 4.99. The number of thioether (sulfide) groups is 1. The molecule has 100 valence electrons. The summed E-state index contributed by atoms with van der Waals surface area (Å²) in [7, 11) is -3.44. The lowest BCUT2D eigenvalue weighted by molar-refractivity contribution is 0.579. The van der Waals surface area contributed by atoms with Crippen molar-refractivity contribution in [2.75, 3.05) is 12.3 Å². The van der Waals surface area contributed by atoms with E-state index in [0.29, 0.717) is 21.3 Å². The van der Waals surface area contributed by atoms with E-state index in [-0.39, 0.29) is 4.90 Å². The molecule has 0 aromatic heterocycles. The van der Waals surface area contributed by atoms with E-state index in [2.05, 4.69) is 20.7 Å². The molecule has 7 heteroatoms. The molecule has 3 nitrogen and oxygen atoms in total. The van der Waals surface area contributed by atoms with E-state index in [1.165, 1.54) is 18.6 Å². The van der Waals surface area contributed by atoms with Gasteiger partial charge in [0, 0.05) is 16.3 Å². The molecule has 0 aliphatic carbocycles. The second-order valence-electron chi connectivity index (χ2n) is 4.06. The van der Waals surface area contributed by atoms with E-state index in [4.69, 9.17) is 11.6 Å². The molecule has 1 aliphatic rings. The number of benzene rings is 1. The van der Waals surface area contributed by atoms with Gasteiger partial charge in [0.2, 0.25) is 10.0 Å². The summed E-state index contributed by atoms with van der Waals surface area (Å²) in [5, 5.41) is 0.899. The van der Waals surface area contributed by atoms with Crippen LogP contribution in [0.3, 0.4) is 0 Å². The van der Waals surface area contributed by atoms with Crippen molar-refractivity contribution in [3.8, 4) is 0 Å². The van der Waals surface area contributed by atoms with Crippen molar-refractivity contribution >= 4 is 49.3 Å². The van der Waals surface area contributed by atoms with Gasteiger partial charge in [-0.25, -0.2) is 13.1 Å². The quantitative estimate of drug-likeness (QED) is 0.884. The molecule has 1 fully saturated rings. The fourth-order valence-electron chi connectivity index (χ4n) is 1.74. The maximum Gasteiger partial charge on any atom is 0.240 e. The van der Waals surface area contributed by atoms with Crippen LogP contribution in [0.1, 0.15) is 12.8 Å². The molecular formula is C11H13BrClNO2S2. The lowest BCUT2D eigenvalue weighted by atomic mass is 10.2. The summed E-state index contributed by atoms with van der Waals surface area (Å²) in [5.74, 6) is 1.12. The number of hydrogen-bond donors (Lipinski definition) is 1. The van der Waals surface area contributed by atoms with Gasteiger partial charge in [0.1, 0.15) is 0 Å². The molecule has 1 atom stereocenters. The zero-order chi connectivity index (χ0) is 13.2. The van der Waals surface area contributed by atoms with Gasteiger partial charge in [-0.1, -0.05) is 11.6 Å². The fraction of sp³-hybridized carbons (Fsp3) is 0.455. The Balaban J connectivity index is 2.07. The van der Waals surface area contributed by atoms with Gasteiger partial charge >= 0.3 is 0 Å². The van der Waals surface area contributed by atoms with Crippen molar-refractivity contribution in [1.29, 1.82) is 0 Å². The Bertz CT molecular complexity index is 530. The maximum absolute atomic E-state index is 12.1. The average Bonchev–Trinajstić information content (AvgIpc) is 2.83. The van der Waals surface area contributed by atoms with Crippen LogP contribution in [0, 0.1) is 0 Å². The molecule has 0 amide bonds. The second kappa shape index (κ2) is 6.13. The lowest BCUT2D eigenvalue weighted by Crippen LogP contribution is -2.29. The Labute approximate surface area is 125 Å². The van der Waals surface area contributed by atoms with Crippen molar-refractivity contribution in [3.05, 3.63) is 27.7 Å². The van der Waals surface area contributed by atoms with Crippen LogP contribution in [0.2, 0.25) is 5.02 Å². The summed E-state index contributed by atoms with van der Waals surface area (Å²) in [6.45, 7) is 0.493. The molecular weight excluding hydrogens is 358 g/mol. The van der Waals surface area contributed by atoms with Crippen LogP contribution < -0.4 is 4.72 Å². The Morgan fingerprint density at radius 3 is 2.89 bits per heavy atom. The summed E-state index contributed by atoms with van der Waals surface area (Å²) in [4.78, 5) is 0.238. The number of sulfonamides is 1. The van der Waals surface area contributed by atoms with Crippen LogP contribution in [0.25, 0.3) is 0 Å². The highest BCUT2D eigenvalue weighted by Crippen LogP contribution is 2.27. The standard InChI is InChI=1S/C11H13BrClNO2S2/c12-10-6-9(3-4-11(10)13)18(15,16)14-7-8-2-1-5-17-8/h3-4,6,8,14H,1-2,5,7H2. The molecule has 0 radical (unpaired) electrons. The van der Waals surface area contributed by atoms with Crippen LogP contribution in [-0.4, -0.2) is 26.0 Å². The first-order valence-electron chi connectivity index (χ1n) is 5.55. The van der Waals surface area contributed by atoms with Crippen LogP contribution in [0.15, 0.2) is 27.6 Å². The van der Waals surface area contributed by atoms with Crippen LogP contribution in [0.5, 0.6) is 0 Å². The Morgan fingerprint density at radius 2 is 2.28 bits per heavy atom. The zero-order valence-electron chi connectivity index (χ0n) is 9.53. The predicted molar refractivity (Wildman–Crippen MR) is 79.8 cm³/mol. The second-order valence-corrected chi connectivity index (χ2v) is 8.50. The molecule has 1 aromatic carbocycles. The van der Waals surface area contributed by atoms with Crippen LogP contribution in [0.4, 0.5) is 0 Å². The molecule has 1 unspecified atom stereocenters. The van der Waals surface area contributed by atoms with E-state index >= 15 is 0 Å². The minimum atomic E-state index is -3.44. The molecule has 1 aliphatic heterocycles. The van der Waals surface area contributed by atoms with Crippen LogP contribution in [-0.2, 0) is 10.0 Å². The molecule has 1 aromatic rings. The first-order valence-corrected chi connectivity index (χ1v) is 9.25. The van der Waals surface area contributed by atoms with Gasteiger partial charge in [-0.15, -0.1) is 0 Å². The van der Waals surface area contributed by atoms with Gasteiger partial charge in [0.25, 0.3) is 0 Å². The van der Waals surface area contributed by atoms with E-state index in [9.17, 15) is 8.42 Å². The number of halogens is 2. The average molecular weight is 371 g/mol. The highest BCUT2D eigenvalue weighted by atomic mass is 79.9.